The Labute approximate surface area is 268 Å². The molecule has 2 unspecified atom stereocenters. The molecule has 0 aromatic carbocycles. The molecule has 0 heterocycles. The Hall–Kier alpha value is -1.54. The van der Waals surface area contributed by atoms with Gasteiger partial charge >= 0.3 is 11.9 Å². The third-order valence-electron chi connectivity index (χ3n) is 3.25. The fraction of sp³-hybridized carbons (Fsp3) is 0.929. The molecule has 0 rings (SSSR count). The van der Waals surface area contributed by atoms with Gasteiger partial charge in [-0.05, 0) is 13.8 Å². The van der Waals surface area contributed by atoms with Crippen LogP contribution in [0.4, 0.5) is 0 Å². The van der Waals surface area contributed by atoms with Crippen LogP contribution < -0.4 is 0 Å². The van der Waals surface area contributed by atoms with Crippen molar-refractivity contribution in [3.05, 3.63) is 0 Å². The lowest BCUT2D eigenvalue weighted by atomic mass is 10.4. The molecule has 44 heavy (non-hydrogen) atoms. The first-order chi connectivity index (χ1) is 16.9. The summed E-state index contributed by atoms with van der Waals surface area (Å²) in [6, 6.07) is 0. The number of aliphatic hydroxyl groups excluding tert-OH is 4. The number of aliphatic hydroxyl groups is 4. The number of ether oxygens (including phenoxy) is 2. The number of rotatable bonds is 9. The molecule has 20 N–H and O–H groups in total. The van der Waals surface area contributed by atoms with E-state index in [-0.39, 0.29) is 88.3 Å². The fourth-order valence-corrected chi connectivity index (χ4v) is 0.552. The summed E-state index contributed by atoms with van der Waals surface area (Å²) >= 11 is 0. The van der Waals surface area contributed by atoms with Crippen LogP contribution in [0.2, 0.25) is 0 Å². The molecule has 0 aromatic rings. The van der Waals surface area contributed by atoms with Gasteiger partial charge in [-0.15, -0.1) is 0 Å². The van der Waals surface area contributed by atoms with Crippen molar-refractivity contribution in [2.24, 2.45) is 0 Å². The number of hydrogen-bond acceptors (Lipinski definition) is 8. The quantitative estimate of drug-likeness (QED) is 0.229. The van der Waals surface area contributed by atoms with Crippen molar-refractivity contribution >= 4 is 11.9 Å². The Kier molecular flexibility index (Phi) is 250. The second-order valence-electron chi connectivity index (χ2n) is 7.70. The van der Waals surface area contributed by atoms with Crippen LogP contribution in [0.15, 0.2) is 0 Å². The van der Waals surface area contributed by atoms with Gasteiger partial charge in [0.25, 0.3) is 0 Å². The highest BCUT2D eigenvalue weighted by Crippen LogP contribution is 1.92. The summed E-state index contributed by atoms with van der Waals surface area (Å²) in [4.78, 5) is 20.6. The molecule has 0 aliphatic carbocycles. The number of hydrogen-bond donors (Lipinski definition) is 4. The van der Waals surface area contributed by atoms with E-state index in [0.717, 1.165) is 0 Å². The molecule has 290 valence electrons. The van der Waals surface area contributed by atoms with E-state index in [4.69, 9.17) is 20.4 Å². The highest BCUT2D eigenvalue weighted by atomic mass is 16.6. The second kappa shape index (κ2) is 113. The van der Waals surface area contributed by atoms with Crippen molar-refractivity contribution in [2.75, 3.05) is 26.4 Å². The van der Waals surface area contributed by atoms with E-state index < -0.39 is 6.10 Å². The molecule has 0 fully saturated rings. The Morgan fingerprint density at radius 1 is 0.523 bits per heavy atom. The van der Waals surface area contributed by atoms with E-state index in [2.05, 4.69) is 64.9 Å². The second-order valence-corrected chi connectivity index (χ2v) is 7.70. The van der Waals surface area contributed by atoms with Gasteiger partial charge in [-0.3, -0.25) is 9.59 Å². The molecule has 0 saturated heterocycles. The van der Waals surface area contributed by atoms with Crippen molar-refractivity contribution in [3.8, 4) is 0 Å². The van der Waals surface area contributed by atoms with Gasteiger partial charge in [-0.25, -0.2) is 0 Å². The van der Waals surface area contributed by atoms with Gasteiger partial charge in [-0.1, -0.05) is 107 Å². The van der Waals surface area contributed by atoms with Gasteiger partial charge < -0.3 is 73.7 Å². The summed E-state index contributed by atoms with van der Waals surface area (Å²) in [7, 11) is 0. The fourth-order valence-electron chi connectivity index (χ4n) is 0.552. The molecule has 0 spiro atoms. The minimum Gasteiger partial charge on any atom is -0.462 e. The third kappa shape index (κ3) is 301. The minimum absolute atomic E-state index is 0. The largest absolute Gasteiger partial charge is 0.462 e. The standard InChI is InChI=1S/C7H12O4.4C4H10.C3H8O2.C2H6O2.8H2O/c1-5(11-7(3)9)4-10-6(2)8;4*1-3-4-2;1-3(5)2-4;3-1-2-4;;;;;;;;/h5H,4H2,1-3H3;4*3-4H2,1-2H3;3-5H,2H2,1H3;3-4H,1-2H2;8*1H2. The van der Waals surface area contributed by atoms with Crippen molar-refractivity contribution in [1.29, 1.82) is 0 Å². The molecule has 16 nitrogen and oxygen atoms in total. The first-order valence-electron chi connectivity index (χ1n) is 13.7. The van der Waals surface area contributed by atoms with Crippen LogP contribution in [0.5, 0.6) is 0 Å². The summed E-state index contributed by atoms with van der Waals surface area (Å²) in [5.41, 5.74) is 0. The highest BCUT2D eigenvalue weighted by molar-refractivity contribution is 5.67. The lowest BCUT2D eigenvalue weighted by Gasteiger charge is -2.10. The van der Waals surface area contributed by atoms with Crippen LogP contribution in [-0.4, -0.2) is 115 Å². The zero-order chi connectivity index (χ0) is 30.2. The van der Waals surface area contributed by atoms with Crippen LogP contribution in [0.1, 0.15) is 134 Å². The topological polar surface area (TPSA) is 386 Å². The van der Waals surface area contributed by atoms with Crippen molar-refractivity contribution in [2.45, 2.75) is 147 Å². The van der Waals surface area contributed by atoms with Crippen molar-refractivity contribution in [1.82, 2.24) is 0 Å². The minimum atomic E-state index is -0.560. The molecule has 0 aliphatic rings. The molecule has 0 saturated carbocycles. The lowest BCUT2D eigenvalue weighted by Crippen LogP contribution is -2.19. The molecule has 0 aliphatic heterocycles. The molecule has 0 bridgehead atoms. The summed E-state index contributed by atoms with van der Waals surface area (Å²) in [6.07, 6.45) is 9.63. The van der Waals surface area contributed by atoms with Crippen molar-refractivity contribution in [3.63, 3.8) is 0 Å². The maximum atomic E-state index is 10.3. The Balaban J connectivity index is -0.0000000174. The van der Waals surface area contributed by atoms with E-state index in [1.165, 1.54) is 72.1 Å². The predicted octanol–water partition coefficient (Wildman–Crippen LogP) is -0.540. The van der Waals surface area contributed by atoms with Crippen LogP contribution in [0.3, 0.4) is 0 Å². The Bertz CT molecular complexity index is 318. The smallest absolute Gasteiger partial charge is 0.303 e. The van der Waals surface area contributed by atoms with Crippen LogP contribution >= 0.6 is 0 Å². The van der Waals surface area contributed by atoms with E-state index in [1.54, 1.807) is 6.92 Å². The van der Waals surface area contributed by atoms with E-state index in [9.17, 15) is 9.59 Å². The predicted molar refractivity (Wildman–Crippen MR) is 182 cm³/mol. The van der Waals surface area contributed by atoms with E-state index in [1.807, 2.05) is 0 Å². The van der Waals surface area contributed by atoms with Gasteiger partial charge in [0.05, 0.1) is 25.9 Å². The summed E-state index contributed by atoms with van der Waals surface area (Å²) in [5, 5.41) is 31.3. The summed E-state index contributed by atoms with van der Waals surface area (Å²) in [6.45, 7) is 23.0. The average Bonchev–Trinajstić information content (AvgIpc) is 2.88. The molecule has 2 atom stereocenters. The average molecular weight is 675 g/mol. The number of esters is 2. The van der Waals surface area contributed by atoms with E-state index in [0.29, 0.717) is 0 Å². The van der Waals surface area contributed by atoms with Gasteiger partial charge in [0.15, 0.2) is 0 Å². The third-order valence-corrected chi connectivity index (χ3v) is 3.25. The molecule has 0 radical (unpaired) electrons. The molecule has 0 amide bonds. The maximum absolute atomic E-state index is 10.3. The SMILES string of the molecule is CC(=O)OCC(C)OC(C)=O.CC(O)CO.CCCC.CCCC.CCCC.CCCC.O.O.O.O.O.O.O.O.OCCO. The number of unbranched alkanes of at least 4 members (excludes halogenated alkanes) is 4. The first kappa shape index (κ1) is 96.8. The lowest BCUT2D eigenvalue weighted by molar-refractivity contribution is -0.155. The zero-order valence-electron chi connectivity index (χ0n) is 30.1. The van der Waals surface area contributed by atoms with Crippen molar-refractivity contribution < 1.29 is 83.3 Å². The summed E-state index contributed by atoms with van der Waals surface area (Å²) < 4.78 is 9.27. The van der Waals surface area contributed by atoms with Gasteiger partial charge in [0.2, 0.25) is 0 Å². The monoisotopic (exact) mass is 675 g/mol. The van der Waals surface area contributed by atoms with Crippen LogP contribution in [0.25, 0.3) is 0 Å². The molecule has 0 aromatic heterocycles. The Morgan fingerprint density at radius 3 is 0.818 bits per heavy atom. The molecular weight excluding hydrogens is 592 g/mol. The summed E-state index contributed by atoms with van der Waals surface area (Å²) in [5.74, 6) is -0.742. The Morgan fingerprint density at radius 2 is 0.727 bits per heavy atom. The van der Waals surface area contributed by atoms with E-state index >= 15 is 0 Å². The van der Waals surface area contributed by atoms with Crippen LogP contribution in [0, 0.1) is 0 Å². The molecule has 16 heteroatoms. The van der Waals surface area contributed by atoms with Gasteiger partial charge in [0.1, 0.15) is 12.7 Å². The highest BCUT2D eigenvalue weighted by Gasteiger charge is 2.06. The maximum Gasteiger partial charge on any atom is 0.303 e. The van der Waals surface area contributed by atoms with Gasteiger partial charge in [-0.2, -0.15) is 0 Å². The van der Waals surface area contributed by atoms with Crippen LogP contribution in [-0.2, 0) is 19.1 Å². The normalized spacial score (nSPS) is 8.09. The molecular formula is C28H82O16. The van der Waals surface area contributed by atoms with Gasteiger partial charge in [0, 0.05) is 13.8 Å². The number of carbonyl (C=O) groups is 2. The first-order valence-corrected chi connectivity index (χ1v) is 13.7. The number of carbonyl (C=O) groups excluding carboxylic acids is 2. The zero-order valence-corrected chi connectivity index (χ0v) is 30.1.